The Kier molecular flexibility index (Phi) is 5.17. The molecule has 0 amide bonds. The fourth-order valence-corrected chi connectivity index (χ4v) is 3.23. The number of nitrogens with zero attached hydrogens (tertiary/aromatic N) is 1. The van der Waals surface area contributed by atoms with E-state index in [0.717, 1.165) is 32.1 Å². The number of hydrogen-bond acceptors (Lipinski definition) is 4. The van der Waals surface area contributed by atoms with E-state index in [0.29, 0.717) is 10.2 Å². The minimum atomic E-state index is -0.882. The highest BCUT2D eigenvalue weighted by atomic mass is 79.9. The molecule has 1 aliphatic rings. The van der Waals surface area contributed by atoms with E-state index in [9.17, 15) is 20.0 Å². The molecule has 0 aliphatic heterocycles. The van der Waals surface area contributed by atoms with Gasteiger partial charge in [0.25, 0.3) is 5.69 Å². The van der Waals surface area contributed by atoms with Gasteiger partial charge in [-0.15, -0.1) is 0 Å². The Morgan fingerprint density at radius 1 is 1.38 bits per heavy atom. The van der Waals surface area contributed by atoms with E-state index >= 15 is 0 Å². The molecule has 1 aromatic carbocycles. The molecule has 0 aromatic heterocycles. The van der Waals surface area contributed by atoms with Crippen LogP contribution in [0.15, 0.2) is 22.7 Å². The standard InChI is InChI=1S/C14H17BrN2O4/c15-11-8-10(17(20)21)6-7-12(11)16-13(14(18)19)9-4-2-1-3-5-9/h6-9,13,16H,1-5H2,(H,18,19). The predicted molar refractivity (Wildman–Crippen MR) is 82.4 cm³/mol. The molecule has 0 spiro atoms. The van der Waals surface area contributed by atoms with Crippen molar-refractivity contribution in [3.63, 3.8) is 0 Å². The number of nitro benzene ring substituents is 1. The lowest BCUT2D eigenvalue weighted by Crippen LogP contribution is -2.38. The van der Waals surface area contributed by atoms with Gasteiger partial charge in [0.15, 0.2) is 0 Å². The first-order valence-corrected chi connectivity index (χ1v) is 7.71. The van der Waals surface area contributed by atoms with Crippen molar-refractivity contribution in [1.82, 2.24) is 0 Å². The van der Waals surface area contributed by atoms with Crippen molar-refractivity contribution in [2.24, 2.45) is 5.92 Å². The molecule has 1 atom stereocenters. The zero-order valence-corrected chi connectivity index (χ0v) is 13.0. The second-order valence-electron chi connectivity index (χ2n) is 5.28. The molecule has 2 rings (SSSR count). The van der Waals surface area contributed by atoms with E-state index in [2.05, 4.69) is 21.2 Å². The predicted octanol–water partition coefficient (Wildman–Crippen LogP) is 3.80. The Balaban J connectivity index is 2.16. The molecular weight excluding hydrogens is 340 g/mol. The number of nitrogens with one attached hydrogen (secondary N) is 1. The molecule has 0 saturated heterocycles. The Labute approximate surface area is 130 Å². The molecular formula is C14H17BrN2O4. The third-order valence-corrected chi connectivity index (χ3v) is 4.52. The maximum atomic E-state index is 11.5. The summed E-state index contributed by atoms with van der Waals surface area (Å²) < 4.78 is 0.499. The van der Waals surface area contributed by atoms with Crippen LogP contribution in [-0.2, 0) is 4.79 Å². The number of carboxylic acid groups (broad SMARTS) is 1. The van der Waals surface area contributed by atoms with Crippen LogP contribution in [0.25, 0.3) is 0 Å². The molecule has 7 heteroatoms. The normalized spacial score (nSPS) is 17.2. The lowest BCUT2D eigenvalue weighted by molar-refractivity contribution is -0.384. The van der Waals surface area contributed by atoms with Gasteiger partial charge in [0.2, 0.25) is 0 Å². The lowest BCUT2D eigenvalue weighted by Gasteiger charge is -2.29. The molecule has 2 N–H and O–H groups in total. The SMILES string of the molecule is O=C(O)C(Nc1ccc([N+](=O)[O-])cc1Br)C1CCCCC1. The summed E-state index contributed by atoms with van der Waals surface area (Å²) in [4.78, 5) is 21.7. The summed E-state index contributed by atoms with van der Waals surface area (Å²) in [5, 5.41) is 23.2. The van der Waals surface area contributed by atoms with Crippen LogP contribution in [0, 0.1) is 16.0 Å². The van der Waals surface area contributed by atoms with Gasteiger partial charge >= 0.3 is 5.97 Å². The molecule has 0 heterocycles. The summed E-state index contributed by atoms with van der Waals surface area (Å²) in [5.41, 5.74) is 0.538. The van der Waals surface area contributed by atoms with Gasteiger partial charge in [-0.3, -0.25) is 10.1 Å². The maximum Gasteiger partial charge on any atom is 0.326 e. The number of anilines is 1. The van der Waals surface area contributed by atoms with Crippen molar-refractivity contribution >= 4 is 33.3 Å². The van der Waals surface area contributed by atoms with E-state index in [4.69, 9.17) is 0 Å². The number of rotatable bonds is 5. The highest BCUT2D eigenvalue weighted by Crippen LogP contribution is 2.32. The topological polar surface area (TPSA) is 92.5 Å². The molecule has 1 fully saturated rings. The van der Waals surface area contributed by atoms with E-state index in [-0.39, 0.29) is 11.6 Å². The largest absolute Gasteiger partial charge is 0.480 e. The molecule has 1 saturated carbocycles. The van der Waals surface area contributed by atoms with Crippen LogP contribution in [0.2, 0.25) is 0 Å². The van der Waals surface area contributed by atoms with E-state index in [1.54, 1.807) is 6.07 Å². The molecule has 1 aromatic rings. The lowest BCUT2D eigenvalue weighted by atomic mass is 9.84. The molecule has 0 radical (unpaired) electrons. The number of hydrogen-bond donors (Lipinski definition) is 2. The third-order valence-electron chi connectivity index (χ3n) is 3.86. The van der Waals surface area contributed by atoms with Gasteiger partial charge in [0.1, 0.15) is 6.04 Å². The van der Waals surface area contributed by atoms with Crippen molar-refractivity contribution in [2.45, 2.75) is 38.1 Å². The van der Waals surface area contributed by atoms with Crippen molar-refractivity contribution in [3.8, 4) is 0 Å². The minimum Gasteiger partial charge on any atom is -0.480 e. The third kappa shape index (κ3) is 3.93. The Hall–Kier alpha value is -1.63. The van der Waals surface area contributed by atoms with Gasteiger partial charge in [-0.25, -0.2) is 4.79 Å². The van der Waals surface area contributed by atoms with Crippen LogP contribution in [0.3, 0.4) is 0 Å². The van der Waals surface area contributed by atoms with Crippen molar-refractivity contribution in [3.05, 3.63) is 32.8 Å². The average Bonchev–Trinajstić information content (AvgIpc) is 2.46. The average molecular weight is 357 g/mol. The molecule has 21 heavy (non-hydrogen) atoms. The summed E-state index contributed by atoms with van der Waals surface area (Å²) in [6, 6.07) is 3.62. The number of carbonyl (C=O) groups is 1. The number of nitro groups is 1. The van der Waals surface area contributed by atoms with Crippen LogP contribution < -0.4 is 5.32 Å². The van der Waals surface area contributed by atoms with Gasteiger partial charge in [0.05, 0.1) is 4.92 Å². The fraction of sp³-hybridized carbons (Fsp3) is 0.500. The van der Waals surface area contributed by atoms with Crippen molar-refractivity contribution in [1.29, 1.82) is 0 Å². The summed E-state index contributed by atoms with van der Waals surface area (Å²) in [6.45, 7) is 0. The van der Waals surface area contributed by atoms with Gasteiger partial charge in [-0.05, 0) is 40.8 Å². The fourth-order valence-electron chi connectivity index (χ4n) is 2.75. The Morgan fingerprint density at radius 2 is 2.05 bits per heavy atom. The second-order valence-corrected chi connectivity index (χ2v) is 6.13. The Morgan fingerprint density at radius 3 is 2.57 bits per heavy atom. The monoisotopic (exact) mass is 356 g/mol. The Bertz CT molecular complexity index is 544. The summed E-state index contributed by atoms with van der Waals surface area (Å²) in [7, 11) is 0. The zero-order chi connectivity index (χ0) is 15.4. The summed E-state index contributed by atoms with van der Waals surface area (Å²) in [5.74, 6) is -0.787. The van der Waals surface area contributed by atoms with E-state index in [1.807, 2.05) is 0 Å². The number of carboxylic acids is 1. The molecule has 0 bridgehead atoms. The molecule has 114 valence electrons. The number of benzene rings is 1. The van der Waals surface area contributed by atoms with Crippen molar-refractivity contribution < 1.29 is 14.8 Å². The van der Waals surface area contributed by atoms with Crippen LogP contribution in [0.1, 0.15) is 32.1 Å². The van der Waals surface area contributed by atoms with Crippen LogP contribution in [0.4, 0.5) is 11.4 Å². The quantitative estimate of drug-likeness (QED) is 0.618. The van der Waals surface area contributed by atoms with Gasteiger partial charge < -0.3 is 10.4 Å². The van der Waals surface area contributed by atoms with E-state index < -0.39 is 16.9 Å². The minimum absolute atomic E-state index is 0.0306. The number of halogens is 1. The first kappa shape index (κ1) is 15.8. The van der Waals surface area contributed by atoms with Crippen molar-refractivity contribution in [2.75, 3.05) is 5.32 Å². The zero-order valence-electron chi connectivity index (χ0n) is 11.4. The summed E-state index contributed by atoms with van der Waals surface area (Å²) in [6.07, 6.45) is 5.06. The highest BCUT2D eigenvalue weighted by molar-refractivity contribution is 9.10. The van der Waals surface area contributed by atoms with Crippen LogP contribution >= 0.6 is 15.9 Å². The van der Waals surface area contributed by atoms with Crippen LogP contribution in [-0.4, -0.2) is 22.0 Å². The first-order valence-electron chi connectivity index (χ1n) is 6.92. The maximum absolute atomic E-state index is 11.5. The van der Waals surface area contributed by atoms with Gasteiger partial charge in [-0.1, -0.05) is 19.3 Å². The first-order chi connectivity index (χ1) is 9.99. The molecule has 6 nitrogen and oxygen atoms in total. The van der Waals surface area contributed by atoms with Gasteiger partial charge in [0, 0.05) is 22.3 Å². The van der Waals surface area contributed by atoms with Gasteiger partial charge in [-0.2, -0.15) is 0 Å². The summed E-state index contributed by atoms with van der Waals surface area (Å²) >= 11 is 3.26. The smallest absolute Gasteiger partial charge is 0.326 e. The number of non-ortho nitro benzene ring substituents is 1. The molecule has 1 aliphatic carbocycles. The second kappa shape index (κ2) is 6.89. The molecule has 1 unspecified atom stereocenters. The van der Waals surface area contributed by atoms with Crippen LogP contribution in [0.5, 0.6) is 0 Å². The highest BCUT2D eigenvalue weighted by Gasteiger charge is 2.29. The number of aliphatic carboxylic acids is 1. The van der Waals surface area contributed by atoms with E-state index in [1.165, 1.54) is 12.1 Å².